The van der Waals surface area contributed by atoms with Crippen LogP contribution < -0.4 is 5.32 Å². The number of likely N-dealkylation sites (N-methyl/N-ethyl adjacent to an activating group) is 1. The summed E-state index contributed by atoms with van der Waals surface area (Å²) in [6.45, 7) is 10.5. The molecular weight excluding hydrogens is 264 g/mol. The summed E-state index contributed by atoms with van der Waals surface area (Å²) < 4.78 is 5.30. The number of nitrogens with zero attached hydrogens (tertiary/aromatic N) is 1. The van der Waals surface area contributed by atoms with E-state index >= 15 is 0 Å². The van der Waals surface area contributed by atoms with Crippen LogP contribution in [0.3, 0.4) is 0 Å². The molecule has 0 aliphatic heterocycles. The van der Waals surface area contributed by atoms with Crippen molar-refractivity contribution < 1.29 is 9.53 Å². The Labute approximate surface area is 128 Å². The van der Waals surface area contributed by atoms with E-state index < -0.39 is 0 Å². The highest BCUT2D eigenvalue weighted by Gasteiger charge is 2.07. The predicted octanol–water partition coefficient (Wildman–Crippen LogP) is 3.40. The van der Waals surface area contributed by atoms with Crippen molar-refractivity contribution in [3.8, 4) is 0 Å². The Morgan fingerprint density at radius 3 is 2.38 bits per heavy atom. The van der Waals surface area contributed by atoms with Crippen LogP contribution >= 0.6 is 0 Å². The molecule has 4 heteroatoms. The van der Waals surface area contributed by atoms with Crippen molar-refractivity contribution in [3.63, 3.8) is 0 Å². The summed E-state index contributed by atoms with van der Waals surface area (Å²) in [6.07, 6.45) is 2.32. The molecule has 0 spiro atoms. The van der Waals surface area contributed by atoms with Gasteiger partial charge in [-0.2, -0.15) is 0 Å². The zero-order valence-electron chi connectivity index (χ0n) is 13.5. The second kappa shape index (κ2) is 10.2. The van der Waals surface area contributed by atoms with Crippen molar-refractivity contribution in [2.45, 2.75) is 33.6 Å². The highest BCUT2D eigenvalue weighted by Crippen LogP contribution is 2.10. The zero-order chi connectivity index (χ0) is 15.5. The van der Waals surface area contributed by atoms with Gasteiger partial charge in [0, 0.05) is 18.8 Å². The second-order valence-corrected chi connectivity index (χ2v) is 5.02. The van der Waals surface area contributed by atoms with Crippen LogP contribution in [0.15, 0.2) is 24.3 Å². The minimum atomic E-state index is -0.248. The molecule has 0 saturated carbocycles. The van der Waals surface area contributed by atoms with Crippen LogP contribution in [0.4, 0.5) is 5.69 Å². The van der Waals surface area contributed by atoms with Gasteiger partial charge in [-0.25, -0.2) is 4.79 Å². The van der Waals surface area contributed by atoms with Crippen molar-refractivity contribution in [2.75, 3.05) is 38.1 Å². The first-order chi connectivity index (χ1) is 10.2. The first-order valence-electron chi connectivity index (χ1n) is 7.94. The number of carbonyl (C=O) groups excluding carboxylic acids is 1. The standard InChI is InChI=1S/C17H28N2O2/c1-4-7-12-18-16-10-8-15(9-11-16)17(20)21-14-13-19(5-2)6-3/h8-11,18H,4-7,12-14H2,1-3H3. The smallest absolute Gasteiger partial charge is 0.338 e. The SMILES string of the molecule is CCCCNc1ccc(C(=O)OCCN(CC)CC)cc1. The molecule has 118 valence electrons. The van der Waals surface area contributed by atoms with Gasteiger partial charge >= 0.3 is 5.97 Å². The van der Waals surface area contributed by atoms with E-state index in [0.29, 0.717) is 12.2 Å². The van der Waals surface area contributed by atoms with E-state index in [4.69, 9.17) is 4.74 Å². The zero-order valence-corrected chi connectivity index (χ0v) is 13.5. The van der Waals surface area contributed by atoms with Gasteiger partial charge in [-0.1, -0.05) is 27.2 Å². The second-order valence-electron chi connectivity index (χ2n) is 5.02. The third-order valence-electron chi connectivity index (χ3n) is 3.52. The van der Waals surface area contributed by atoms with Gasteiger partial charge in [0.1, 0.15) is 6.61 Å². The number of benzene rings is 1. The largest absolute Gasteiger partial charge is 0.461 e. The summed E-state index contributed by atoms with van der Waals surface area (Å²) >= 11 is 0. The van der Waals surface area contributed by atoms with Crippen LogP contribution in [0.2, 0.25) is 0 Å². The maximum Gasteiger partial charge on any atom is 0.338 e. The minimum absolute atomic E-state index is 0.248. The number of esters is 1. The summed E-state index contributed by atoms with van der Waals surface area (Å²) in [5.41, 5.74) is 1.65. The van der Waals surface area contributed by atoms with Crippen LogP contribution in [0, 0.1) is 0 Å². The van der Waals surface area contributed by atoms with E-state index in [0.717, 1.165) is 38.3 Å². The van der Waals surface area contributed by atoms with Gasteiger partial charge in [0.2, 0.25) is 0 Å². The summed E-state index contributed by atoms with van der Waals surface area (Å²) in [5.74, 6) is -0.248. The Hall–Kier alpha value is -1.55. The molecule has 0 radical (unpaired) electrons. The highest BCUT2D eigenvalue weighted by molar-refractivity contribution is 5.89. The molecule has 0 aliphatic rings. The first kappa shape index (κ1) is 17.5. The summed E-state index contributed by atoms with van der Waals surface area (Å²) in [4.78, 5) is 14.1. The highest BCUT2D eigenvalue weighted by atomic mass is 16.5. The van der Waals surface area contributed by atoms with E-state index in [-0.39, 0.29) is 5.97 Å². The van der Waals surface area contributed by atoms with Gasteiger partial charge in [-0.15, -0.1) is 0 Å². The molecule has 0 unspecified atom stereocenters. The van der Waals surface area contributed by atoms with Gasteiger partial charge in [0.05, 0.1) is 5.56 Å². The fourth-order valence-corrected chi connectivity index (χ4v) is 2.02. The van der Waals surface area contributed by atoms with E-state index in [1.807, 2.05) is 24.3 Å². The Morgan fingerprint density at radius 1 is 1.14 bits per heavy atom. The molecule has 0 heterocycles. The van der Waals surface area contributed by atoms with Crippen LogP contribution in [0.25, 0.3) is 0 Å². The molecule has 0 bridgehead atoms. The normalized spacial score (nSPS) is 10.7. The van der Waals surface area contributed by atoms with Gasteiger partial charge in [-0.05, 0) is 43.8 Å². The van der Waals surface area contributed by atoms with Crippen molar-refractivity contribution in [2.24, 2.45) is 0 Å². The van der Waals surface area contributed by atoms with Gasteiger partial charge in [0.25, 0.3) is 0 Å². The number of anilines is 1. The maximum absolute atomic E-state index is 11.9. The number of carbonyl (C=O) groups is 1. The van der Waals surface area contributed by atoms with E-state index in [9.17, 15) is 4.79 Å². The van der Waals surface area contributed by atoms with Gasteiger partial charge < -0.3 is 15.0 Å². The van der Waals surface area contributed by atoms with E-state index in [2.05, 4.69) is 31.0 Å². The molecule has 1 N–H and O–H groups in total. The summed E-state index contributed by atoms with van der Waals surface area (Å²) in [6, 6.07) is 7.48. The number of hydrogen-bond acceptors (Lipinski definition) is 4. The monoisotopic (exact) mass is 292 g/mol. The Kier molecular flexibility index (Phi) is 8.51. The number of nitrogens with one attached hydrogen (secondary N) is 1. The quantitative estimate of drug-likeness (QED) is 0.530. The third-order valence-corrected chi connectivity index (χ3v) is 3.52. The molecule has 0 aromatic heterocycles. The minimum Gasteiger partial charge on any atom is -0.461 e. The molecule has 1 rings (SSSR count). The fraction of sp³-hybridized carbons (Fsp3) is 0.588. The molecule has 4 nitrogen and oxygen atoms in total. The number of unbranched alkanes of at least 4 members (excludes halogenated alkanes) is 1. The topological polar surface area (TPSA) is 41.6 Å². The van der Waals surface area contributed by atoms with Gasteiger partial charge in [0.15, 0.2) is 0 Å². The average Bonchev–Trinajstić information content (AvgIpc) is 2.52. The van der Waals surface area contributed by atoms with Crippen LogP contribution in [-0.4, -0.2) is 43.7 Å². The summed E-state index contributed by atoms with van der Waals surface area (Å²) in [5, 5.41) is 3.33. The number of ether oxygens (including phenoxy) is 1. The fourth-order valence-electron chi connectivity index (χ4n) is 2.02. The lowest BCUT2D eigenvalue weighted by atomic mass is 10.2. The van der Waals surface area contributed by atoms with Gasteiger partial charge in [-0.3, -0.25) is 0 Å². The van der Waals surface area contributed by atoms with Crippen molar-refractivity contribution in [1.82, 2.24) is 4.90 Å². The lowest BCUT2D eigenvalue weighted by Gasteiger charge is -2.17. The molecule has 0 amide bonds. The maximum atomic E-state index is 11.9. The molecule has 0 fully saturated rings. The molecule has 0 atom stereocenters. The molecule has 0 aliphatic carbocycles. The van der Waals surface area contributed by atoms with Crippen LogP contribution in [-0.2, 0) is 4.74 Å². The molecule has 1 aromatic rings. The van der Waals surface area contributed by atoms with E-state index in [1.54, 1.807) is 0 Å². The average molecular weight is 292 g/mol. The molecular formula is C17H28N2O2. The third kappa shape index (κ3) is 6.63. The Balaban J connectivity index is 2.37. The Morgan fingerprint density at radius 2 is 1.81 bits per heavy atom. The summed E-state index contributed by atoms with van der Waals surface area (Å²) in [7, 11) is 0. The van der Waals surface area contributed by atoms with Crippen LogP contribution in [0.1, 0.15) is 44.0 Å². The van der Waals surface area contributed by atoms with Crippen molar-refractivity contribution in [3.05, 3.63) is 29.8 Å². The Bertz CT molecular complexity index is 400. The lowest BCUT2D eigenvalue weighted by molar-refractivity contribution is 0.0466. The van der Waals surface area contributed by atoms with Crippen LogP contribution in [0.5, 0.6) is 0 Å². The number of rotatable bonds is 10. The number of hydrogen-bond donors (Lipinski definition) is 1. The van der Waals surface area contributed by atoms with E-state index in [1.165, 1.54) is 6.42 Å². The lowest BCUT2D eigenvalue weighted by Crippen LogP contribution is -2.27. The molecule has 21 heavy (non-hydrogen) atoms. The molecule has 0 saturated heterocycles. The van der Waals surface area contributed by atoms with Crippen molar-refractivity contribution in [1.29, 1.82) is 0 Å². The molecule has 1 aromatic carbocycles. The first-order valence-corrected chi connectivity index (χ1v) is 7.94. The predicted molar refractivity (Wildman–Crippen MR) is 87.9 cm³/mol. The van der Waals surface area contributed by atoms with Crippen molar-refractivity contribution >= 4 is 11.7 Å².